The second kappa shape index (κ2) is 11.7. The van der Waals surface area contributed by atoms with Gasteiger partial charge in [0.1, 0.15) is 0 Å². The standard InChI is InChI=1S/C23H26F2N2O4/c1-4-27(5-2)22(29)17-8-7-9-18(15-17)26-21(28)13-11-16-10-12-19(31-23(24)25)20(14-16)30-6-3/h7-15,23H,4-6H2,1-3H3,(H,26,28)/b13-11+. The number of anilines is 1. The predicted molar refractivity (Wildman–Crippen MR) is 116 cm³/mol. The van der Waals surface area contributed by atoms with Crippen molar-refractivity contribution in [1.82, 2.24) is 4.90 Å². The van der Waals surface area contributed by atoms with Crippen LogP contribution in [0.4, 0.5) is 14.5 Å². The van der Waals surface area contributed by atoms with E-state index in [4.69, 9.17) is 4.74 Å². The Bertz CT molecular complexity index is 928. The molecule has 0 heterocycles. The van der Waals surface area contributed by atoms with Crippen molar-refractivity contribution in [3.05, 3.63) is 59.7 Å². The fraction of sp³-hybridized carbons (Fsp3) is 0.304. The van der Waals surface area contributed by atoms with Gasteiger partial charge in [-0.15, -0.1) is 0 Å². The average molecular weight is 432 g/mol. The van der Waals surface area contributed by atoms with Crippen LogP contribution in [-0.2, 0) is 4.79 Å². The monoisotopic (exact) mass is 432 g/mol. The Hall–Kier alpha value is -3.42. The number of amides is 2. The summed E-state index contributed by atoms with van der Waals surface area (Å²) in [6.45, 7) is 4.04. The first-order chi connectivity index (χ1) is 14.9. The highest BCUT2D eigenvalue weighted by atomic mass is 19.3. The van der Waals surface area contributed by atoms with Gasteiger partial charge in [-0.05, 0) is 62.7 Å². The number of alkyl halides is 2. The Balaban J connectivity index is 2.09. The number of halogens is 2. The Kier molecular flexibility index (Phi) is 8.99. The second-order valence-corrected chi connectivity index (χ2v) is 6.40. The van der Waals surface area contributed by atoms with Gasteiger partial charge in [-0.2, -0.15) is 8.78 Å². The molecule has 0 saturated carbocycles. The van der Waals surface area contributed by atoms with E-state index in [1.807, 2.05) is 13.8 Å². The van der Waals surface area contributed by atoms with Crippen LogP contribution in [0.3, 0.4) is 0 Å². The molecule has 6 nitrogen and oxygen atoms in total. The molecule has 0 aliphatic rings. The summed E-state index contributed by atoms with van der Waals surface area (Å²) >= 11 is 0. The number of benzene rings is 2. The summed E-state index contributed by atoms with van der Waals surface area (Å²) < 4.78 is 34.7. The number of rotatable bonds is 10. The number of hydrogen-bond donors (Lipinski definition) is 1. The number of nitrogens with one attached hydrogen (secondary N) is 1. The molecule has 0 saturated heterocycles. The lowest BCUT2D eigenvalue weighted by atomic mass is 10.1. The molecule has 0 aliphatic heterocycles. The third-order valence-electron chi connectivity index (χ3n) is 4.34. The first-order valence-corrected chi connectivity index (χ1v) is 9.97. The first kappa shape index (κ1) is 23.9. The van der Waals surface area contributed by atoms with Crippen LogP contribution >= 0.6 is 0 Å². The van der Waals surface area contributed by atoms with Gasteiger partial charge >= 0.3 is 6.61 Å². The quantitative estimate of drug-likeness (QED) is 0.547. The lowest BCUT2D eigenvalue weighted by Crippen LogP contribution is -2.30. The molecule has 0 aliphatic carbocycles. The summed E-state index contributed by atoms with van der Waals surface area (Å²) in [6, 6.07) is 11.1. The normalized spacial score (nSPS) is 10.9. The van der Waals surface area contributed by atoms with Crippen LogP contribution in [0.25, 0.3) is 6.08 Å². The highest BCUT2D eigenvalue weighted by Gasteiger charge is 2.13. The molecule has 0 unspecified atom stereocenters. The SMILES string of the molecule is CCOc1cc(/C=C/C(=O)Nc2cccc(C(=O)N(CC)CC)c2)ccc1OC(F)F. The molecule has 2 rings (SSSR count). The van der Waals surface area contributed by atoms with Gasteiger partial charge in [0.15, 0.2) is 11.5 Å². The summed E-state index contributed by atoms with van der Waals surface area (Å²) in [6.07, 6.45) is 2.83. The Morgan fingerprint density at radius 2 is 1.81 bits per heavy atom. The van der Waals surface area contributed by atoms with Gasteiger partial charge in [-0.3, -0.25) is 9.59 Å². The Morgan fingerprint density at radius 1 is 1.06 bits per heavy atom. The molecule has 0 fully saturated rings. The molecule has 166 valence electrons. The van der Waals surface area contributed by atoms with Crippen LogP contribution in [0.1, 0.15) is 36.7 Å². The minimum absolute atomic E-state index is 0.0758. The minimum Gasteiger partial charge on any atom is -0.490 e. The molecule has 1 N–H and O–H groups in total. The fourth-order valence-electron chi connectivity index (χ4n) is 2.87. The van der Waals surface area contributed by atoms with Gasteiger partial charge in [0.2, 0.25) is 5.91 Å². The molecule has 2 amide bonds. The molecular weight excluding hydrogens is 406 g/mol. The number of carbonyl (C=O) groups excluding carboxylic acids is 2. The maximum absolute atomic E-state index is 12.5. The lowest BCUT2D eigenvalue weighted by Gasteiger charge is -2.18. The number of ether oxygens (including phenoxy) is 2. The molecule has 8 heteroatoms. The first-order valence-electron chi connectivity index (χ1n) is 9.97. The van der Waals surface area contributed by atoms with Crippen molar-refractivity contribution in [3.8, 4) is 11.5 Å². The summed E-state index contributed by atoms with van der Waals surface area (Å²) in [5.74, 6) is -0.425. The predicted octanol–water partition coefficient (Wildman–Crippen LogP) is 4.82. The van der Waals surface area contributed by atoms with Crippen molar-refractivity contribution >= 4 is 23.6 Å². The molecule has 0 bridgehead atoms. The van der Waals surface area contributed by atoms with Crippen LogP contribution in [-0.4, -0.2) is 43.0 Å². The van der Waals surface area contributed by atoms with Gasteiger partial charge < -0.3 is 19.7 Å². The van der Waals surface area contributed by atoms with Crippen molar-refractivity contribution in [3.63, 3.8) is 0 Å². The van der Waals surface area contributed by atoms with E-state index in [9.17, 15) is 18.4 Å². The van der Waals surface area contributed by atoms with E-state index >= 15 is 0 Å². The topological polar surface area (TPSA) is 67.9 Å². The summed E-state index contributed by atoms with van der Waals surface area (Å²) in [5, 5.41) is 2.71. The third-order valence-corrected chi connectivity index (χ3v) is 4.34. The Labute approximate surface area is 180 Å². The van der Waals surface area contributed by atoms with E-state index in [1.54, 1.807) is 36.1 Å². The molecule has 0 aromatic heterocycles. The van der Waals surface area contributed by atoms with Gasteiger partial charge in [-0.1, -0.05) is 12.1 Å². The van der Waals surface area contributed by atoms with Crippen LogP contribution in [0.15, 0.2) is 48.5 Å². The molecule has 0 spiro atoms. The maximum Gasteiger partial charge on any atom is 0.387 e. The minimum atomic E-state index is -2.96. The summed E-state index contributed by atoms with van der Waals surface area (Å²) in [4.78, 5) is 26.4. The number of nitrogens with zero attached hydrogens (tertiary/aromatic N) is 1. The third kappa shape index (κ3) is 7.09. The van der Waals surface area contributed by atoms with Crippen molar-refractivity contribution in [2.24, 2.45) is 0 Å². The Morgan fingerprint density at radius 3 is 2.45 bits per heavy atom. The number of carbonyl (C=O) groups is 2. The molecule has 0 radical (unpaired) electrons. The van der Waals surface area contributed by atoms with E-state index in [2.05, 4.69) is 10.1 Å². The van der Waals surface area contributed by atoms with Crippen LogP contribution in [0.5, 0.6) is 11.5 Å². The molecule has 0 atom stereocenters. The van der Waals surface area contributed by atoms with Gasteiger partial charge in [0, 0.05) is 30.4 Å². The highest BCUT2D eigenvalue weighted by Crippen LogP contribution is 2.30. The summed E-state index contributed by atoms with van der Waals surface area (Å²) in [5.41, 5.74) is 1.55. The second-order valence-electron chi connectivity index (χ2n) is 6.40. The summed E-state index contributed by atoms with van der Waals surface area (Å²) in [7, 11) is 0. The van der Waals surface area contributed by atoms with E-state index in [0.717, 1.165) is 0 Å². The molecular formula is C23H26F2N2O4. The van der Waals surface area contributed by atoms with Crippen molar-refractivity contribution in [2.75, 3.05) is 25.0 Å². The zero-order valence-corrected chi connectivity index (χ0v) is 17.7. The lowest BCUT2D eigenvalue weighted by molar-refractivity contribution is -0.111. The fourth-order valence-corrected chi connectivity index (χ4v) is 2.87. The van der Waals surface area contributed by atoms with E-state index in [0.29, 0.717) is 29.9 Å². The van der Waals surface area contributed by atoms with Crippen LogP contribution in [0.2, 0.25) is 0 Å². The maximum atomic E-state index is 12.5. The van der Waals surface area contributed by atoms with Crippen molar-refractivity contribution < 1.29 is 27.8 Å². The molecule has 2 aromatic carbocycles. The smallest absolute Gasteiger partial charge is 0.387 e. The zero-order chi connectivity index (χ0) is 22.8. The highest BCUT2D eigenvalue weighted by molar-refractivity contribution is 6.03. The van der Waals surface area contributed by atoms with Crippen LogP contribution in [0, 0.1) is 0 Å². The van der Waals surface area contributed by atoms with E-state index in [1.165, 1.54) is 30.4 Å². The van der Waals surface area contributed by atoms with E-state index in [-0.39, 0.29) is 24.0 Å². The average Bonchev–Trinajstić information content (AvgIpc) is 2.74. The molecule has 2 aromatic rings. The van der Waals surface area contributed by atoms with Gasteiger partial charge in [0.05, 0.1) is 6.61 Å². The van der Waals surface area contributed by atoms with Gasteiger partial charge in [-0.25, -0.2) is 0 Å². The van der Waals surface area contributed by atoms with Gasteiger partial charge in [0.25, 0.3) is 5.91 Å². The largest absolute Gasteiger partial charge is 0.490 e. The van der Waals surface area contributed by atoms with Crippen molar-refractivity contribution in [1.29, 1.82) is 0 Å². The van der Waals surface area contributed by atoms with Crippen LogP contribution < -0.4 is 14.8 Å². The number of hydrogen-bond acceptors (Lipinski definition) is 4. The molecule has 31 heavy (non-hydrogen) atoms. The zero-order valence-electron chi connectivity index (χ0n) is 17.7. The van der Waals surface area contributed by atoms with Crippen molar-refractivity contribution in [2.45, 2.75) is 27.4 Å². The van der Waals surface area contributed by atoms with E-state index < -0.39 is 12.5 Å².